The van der Waals surface area contributed by atoms with Gasteiger partial charge in [0.15, 0.2) is 18.9 Å². The van der Waals surface area contributed by atoms with Crippen molar-refractivity contribution in [3.63, 3.8) is 0 Å². The lowest BCUT2D eigenvalue weighted by Crippen LogP contribution is -2.66. The van der Waals surface area contributed by atoms with Crippen molar-refractivity contribution in [3.05, 3.63) is 36.5 Å². The minimum Gasteiger partial charge on any atom is -0.394 e. The monoisotopic (exact) mass is 1080 g/mol. The number of hydrogen-bond acceptors (Lipinski definition) is 18. The van der Waals surface area contributed by atoms with Gasteiger partial charge in [0.25, 0.3) is 0 Å². The number of amides is 1. The molecule has 3 aliphatic heterocycles. The van der Waals surface area contributed by atoms with Gasteiger partial charge in [0.2, 0.25) is 5.91 Å². The fourth-order valence-corrected chi connectivity index (χ4v) is 9.63. The van der Waals surface area contributed by atoms with Gasteiger partial charge in [-0.15, -0.1) is 0 Å². The summed E-state index contributed by atoms with van der Waals surface area (Å²) in [5.74, 6) is -0.295. The first kappa shape index (κ1) is 67.3. The van der Waals surface area contributed by atoms with Crippen LogP contribution in [0.2, 0.25) is 0 Å². The molecular weight excluding hydrogens is 975 g/mol. The molecule has 3 saturated heterocycles. The highest BCUT2D eigenvalue weighted by Gasteiger charge is 2.53. The molecule has 0 radical (unpaired) electrons. The van der Waals surface area contributed by atoms with Gasteiger partial charge in [-0.25, -0.2) is 0 Å². The van der Waals surface area contributed by atoms with Crippen molar-refractivity contribution in [2.24, 2.45) is 0 Å². The van der Waals surface area contributed by atoms with Crippen molar-refractivity contribution in [2.75, 3.05) is 26.4 Å². The van der Waals surface area contributed by atoms with E-state index in [-0.39, 0.29) is 18.9 Å². The predicted molar refractivity (Wildman–Crippen MR) is 282 cm³/mol. The van der Waals surface area contributed by atoms with Crippen molar-refractivity contribution in [3.8, 4) is 0 Å². The van der Waals surface area contributed by atoms with Crippen LogP contribution >= 0.6 is 0 Å². The molecule has 1 amide bonds. The first-order valence-corrected chi connectivity index (χ1v) is 28.7. The van der Waals surface area contributed by atoms with E-state index in [0.717, 1.165) is 44.9 Å². The van der Waals surface area contributed by atoms with Crippen LogP contribution in [-0.4, -0.2) is 193 Å². The summed E-state index contributed by atoms with van der Waals surface area (Å²) >= 11 is 0. The molecule has 3 rings (SSSR count). The molecular formula is C56H101NO18. The molecule has 438 valence electrons. The molecule has 12 N–H and O–H groups in total. The van der Waals surface area contributed by atoms with Crippen molar-refractivity contribution in [1.29, 1.82) is 0 Å². The summed E-state index contributed by atoms with van der Waals surface area (Å²) in [6.07, 6.45) is 14.4. The Balaban J connectivity index is 1.51. The van der Waals surface area contributed by atoms with Crippen LogP contribution in [0, 0.1) is 0 Å². The van der Waals surface area contributed by atoms with E-state index in [1.807, 2.05) is 6.08 Å². The first-order valence-electron chi connectivity index (χ1n) is 28.7. The maximum absolute atomic E-state index is 13.2. The summed E-state index contributed by atoms with van der Waals surface area (Å²) in [5.41, 5.74) is 0. The summed E-state index contributed by atoms with van der Waals surface area (Å²) in [6.45, 7) is 1.65. The second-order valence-corrected chi connectivity index (χ2v) is 20.7. The van der Waals surface area contributed by atoms with Gasteiger partial charge in [-0.3, -0.25) is 4.79 Å². The lowest BCUT2D eigenvalue weighted by Gasteiger charge is -2.48. The Labute approximate surface area is 447 Å². The van der Waals surface area contributed by atoms with Crippen molar-refractivity contribution in [2.45, 2.75) is 285 Å². The topological polar surface area (TPSA) is 307 Å². The van der Waals surface area contributed by atoms with Gasteiger partial charge in [0.1, 0.15) is 73.2 Å². The molecule has 0 aromatic heterocycles. The smallest absolute Gasteiger partial charge is 0.220 e. The van der Waals surface area contributed by atoms with Gasteiger partial charge in [-0.05, 0) is 44.9 Å². The number of unbranched alkanes of at least 4 members (excludes halogenated alkanes) is 21. The number of nitrogens with one attached hydrogen (secondary N) is 1. The van der Waals surface area contributed by atoms with E-state index in [1.165, 1.54) is 103 Å². The van der Waals surface area contributed by atoms with Crippen LogP contribution in [0.1, 0.15) is 181 Å². The van der Waals surface area contributed by atoms with Crippen LogP contribution in [0.25, 0.3) is 0 Å². The predicted octanol–water partition coefficient (Wildman–Crippen LogP) is 4.15. The average Bonchev–Trinajstić information content (AvgIpc) is 3.41. The summed E-state index contributed by atoms with van der Waals surface area (Å²) < 4.78 is 34.1. The van der Waals surface area contributed by atoms with E-state index >= 15 is 0 Å². The third kappa shape index (κ3) is 24.9. The molecule has 17 atom stereocenters. The Hall–Kier alpha value is -1.99. The molecule has 3 heterocycles. The third-order valence-electron chi connectivity index (χ3n) is 14.4. The standard InChI is InChI=1S/C56H101NO18/c1-3-5-7-9-11-13-14-15-16-17-18-19-20-21-22-23-24-26-27-29-31-33-40(61)39(57-44(62)34-32-30-28-25-12-10-8-6-4-2)38-70-54-50(68)47(65)52(42(36-59)72-54)75-56-51(69)48(66)53(43(37-60)73-56)74-55-49(67)46(64)45(63)41(35-58)71-55/h20-21,24,26,31,33,39-43,45-56,58-61,63-69H,3-19,22-23,25,27-30,32,34-38H2,1-2H3,(H,57,62)/b21-20+,26-24+,33-31+. The highest BCUT2D eigenvalue weighted by molar-refractivity contribution is 5.76. The Bertz CT molecular complexity index is 1520. The highest BCUT2D eigenvalue weighted by atomic mass is 16.8. The maximum Gasteiger partial charge on any atom is 0.220 e. The zero-order chi connectivity index (χ0) is 54.8. The molecule has 0 aromatic rings. The largest absolute Gasteiger partial charge is 0.394 e. The van der Waals surface area contributed by atoms with Gasteiger partial charge >= 0.3 is 0 Å². The summed E-state index contributed by atoms with van der Waals surface area (Å²) in [6, 6.07) is -0.991. The lowest BCUT2D eigenvalue weighted by atomic mass is 9.96. The molecule has 0 saturated carbocycles. The summed E-state index contributed by atoms with van der Waals surface area (Å²) in [4.78, 5) is 13.2. The van der Waals surface area contributed by atoms with Crippen molar-refractivity contribution >= 4 is 5.91 Å². The fraction of sp³-hybridized carbons (Fsp3) is 0.875. The van der Waals surface area contributed by atoms with Crippen LogP contribution in [0.4, 0.5) is 0 Å². The van der Waals surface area contributed by atoms with Crippen LogP contribution in [0.5, 0.6) is 0 Å². The van der Waals surface area contributed by atoms with Gasteiger partial charge in [-0.1, -0.05) is 166 Å². The summed E-state index contributed by atoms with van der Waals surface area (Å²) in [7, 11) is 0. The average molecular weight is 1080 g/mol. The lowest BCUT2D eigenvalue weighted by molar-refractivity contribution is -0.379. The normalized spacial score (nSPS) is 31.5. The van der Waals surface area contributed by atoms with E-state index < -0.39 is 124 Å². The Morgan fingerprint density at radius 3 is 1.33 bits per heavy atom. The van der Waals surface area contributed by atoms with Crippen molar-refractivity contribution < 1.29 is 89.4 Å². The second kappa shape index (κ2) is 40.2. The SMILES string of the molecule is CCCCCCCCCCCCC/C=C/CC/C=C/CC/C=C/C(O)C(COC1OC(CO)C(OC2OC(CO)C(OC3OC(CO)C(O)C(O)C3O)C(O)C2O)C(O)C1O)NC(=O)CCCCCCCCCCC. The minimum atomic E-state index is -1.98. The Kier molecular flexibility index (Phi) is 36.1. The number of allylic oxidation sites excluding steroid dienone is 5. The molecule has 0 aliphatic carbocycles. The summed E-state index contributed by atoms with van der Waals surface area (Å²) in [5, 5.41) is 120. The van der Waals surface area contributed by atoms with E-state index in [0.29, 0.717) is 12.8 Å². The molecule has 75 heavy (non-hydrogen) atoms. The minimum absolute atomic E-state index is 0.233. The molecule has 0 spiro atoms. The van der Waals surface area contributed by atoms with Gasteiger partial charge in [0, 0.05) is 6.42 Å². The number of aliphatic hydroxyl groups is 11. The molecule has 3 fully saturated rings. The molecule has 0 aromatic carbocycles. The Morgan fingerprint density at radius 1 is 0.467 bits per heavy atom. The number of carbonyl (C=O) groups is 1. The zero-order valence-corrected chi connectivity index (χ0v) is 45.3. The van der Waals surface area contributed by atoms with E-state index in [1.54, 1.807) is 6.08 Å². The van der Waals surface area contributed by atoms with Crippen LogP contribution < -0.4 is 5.32 Å². The van der Waals surface area contributed by atoms with Gasteiger partial charge in [-0.2, -0.15) is 0 Å². The number of carbonyl (C=O) groups excluding carboxylic acids is 1. The number of rotatable bonds is 41. The second-order valence-electron chi connectivity index (χ2n) is 20.7. The van der Waals surface area contributed by atoms with Crippen LogP contribution in [0.3, 0.4) is 0 Å². The quantitative estimate of drug-likeness (QED) is 0.0302. The van der Waals surface area contributed by atoms with E-state index in [2.05, 4.69) is 43.5 Å². The number of ether oxygens (including phenoxy) is 6. The highest BCUT2D eigenvalue weighted by Crippen LogP contribution is 2.33. The van der Waals surface area contributed by atoms with Gasteiger partial charge < -0.3 is 89.9 Å². The van der Waals surface area contributed by atoms with E-state index in [4.69, 9.17) is 28.4 Å². The van der Waals surface area contributed by atoms with Crippen molar-refractivity contribution in [1.82, 2.24) is 5.32 Å². The third-order valence-corrected chi connectivity index (χ3v) is 14.4. The molecule has 17 unspecified atom stereocenters. The van der Waals surface area contributed by atoms with Gasteiger partial charge in [0.05, 0.1) is 38.6 Å². The number of aliphatic hydroxyl groups excluding tert-OH is 11. The zero-order valence-electron chi connectivity index (χ0n) is 45.3. The fourth-order valence-electron chi connectivity index (χ4n) is 9.63. The first-order chi connectivity index (χ1) is 36.3. The molecule has 0 bridgehead atoms. The Morgan fingerprint density at radius 2 is 0.853 bits per heavy atom. The van der Waals surface area contributed by atoms with Crippen LogP contribution in [-0.2, 0) is 33.2 Å². The maximum atomic E-state index is 13.2. The number of hydrogen-bond donors (Lipinski definition) is 12. The van der Waals surface area contributed by atoms with E-state index in [9.17, 15) is 61.0 Å². The van der Waals surface area contributed by atoms with Crippen LogP contribution in [0.15, 0.2) is 36.5 Å². The molecule has 19 nitrogen and oxygen atoms in total. The molecule has 19 heteroatoms. The molecule has 3 aliphatic rings.